The van der Waals surface area contributed by atoms with Gasteiger partial charge in [-0.3, -0.25) is 9.97 Å². The van der Waals surface area contributed by atoms with Crippen LogP contribution in [0.15, 0.2) is 43.2 Å². The Labute approximate surface area is 150 Å². The third-order valence-corrected chi connectivity index (χ3v) is 4.83. The van der Waals surface area contributed by atoms with Crippen molar-refractivity contribution in [2.24, 2.45) is 5.92 Å². The molecule has 0 atom stereocenters. The normalized spacial score (nSPS) is 15.5. The van der Waals surface area contributed by atoms with Gasteiger partial charge in [0.2, 0.25) is 0 Å². The van der Waals surface area contributed by atoms with Gasteiger partial charge in [-0.2, -0.15) is 0 Å². The minimum absolute atomic E-state index is 0.509. The molecule has 0 radical (unpaired) electrons. The molecule has 0 unspecified atom stereocenters. The molecule has 25 heavy (non-hydrogen) atoms. The van der Waals surface area contributed by atoms with Crippen molar-refractivity contribution in [3.8, 4) is 5.75 Å². The van der Waals surface area contributed by atoms with E-state index in [4.69, 9.17) is 16.3 Å². The molecule has 0 aliphatic carbocycles. The fourth-order valence-electron chi connectivity index (χ4n) is 3.14. The Bertz CT molecular complexity index is 861. The summed E-state index contributed by atoms with van der Waals surface area (Å²) < 4.78 is 5.86. The quantitative estimate of drug-likeness (QED) is 0.715. The number of nitrogens with zero attached hydrogens (tertiary/aromatic N) is 5. The molecule has 0 aromatic carbocycles. The summed E-state index contributed by atoms with van der Waals surface area (Å²) in [6.45, 7) is 2.57. The van der Waals surface area contributed by atoms with Crippen LogP contribution in [0.1, 0.15) is 12.8 Å². The molecule has 7 heteroatoms. The number of fused-ring (bicyclic) bond motifs is 1. The molecule has 0 bridgehead atoms. The van der Waals surface area contributed by atoms with Crippen LogP contribution in [-0.2, 0) is 0 Å². The van der Waals surface area contributed by atoms with Gasteiger partial charge in [0.15, 0.2) is 0 Å². The first-order chi connectivity index (χ1) is 12.3. The number of hydrogen-bond acceptors (Lipinski definition) is 6. The fraction of sp³-hybridized carbons (Fsp3) is 0.333. The van der Waals surface area contributed by atoms with Gasteiger partial charge in [0.1, 0.15) is 22.9 Å². The second-order valence-electron chi connectivity index (χ2n) is 6.14. The van der Waals surface area contributed by atoms with E-state index in [0.29, 0.717) is 23.3 Å². The minimum atomic E-state index is 0.509. The number of rotatable bonds is 4. The van der Waals surface area contributed by atoms with Gasteiger partial charge >= 0.3 is 0 Å². The van der Waals surface area contributed by atoms with Gasteiger partial charge in [0.05, 0.1) is 18.3 Å². The van der Waals surface area contributed by atoms with Crippen LogP contribution in [0.5, 0.6) is 5.75 Å². The van der Waals surface area contributed by atoms with E-state index in [9.17, 15) is 0 Å². The lowest BCUT2D eigenvalue weighted by Gasteiger charge is -2.33. The fourth-order valence-corrected chi connectivity index (χ4v) is 3.32. The third-order valence-electron chi connectivity index (χ3n) is 4.54. The van der Waals surface area contributed by atoms with Crippen LogP contribution in [0, 0.1) is 5.92 Å². The van der Waals surface area contributed by atoms with Crippen LogP contribution in [0.3, 0.4) is 0 Å². The Morgan fingerprint density at radius 3 is 2.72 bits per heavy atom. The second kappa shape index (κ2) is 7.19. The second-order valence-corrected chi connectivity index (χ2v) is 6.54. The predicted molar refractivity (Wildman–Crippen MR) is 97.0 cm³/mol. The molecule has 0 amide bonds. The molecular formula is C18H18ClN5O. The maximum Gasteiger partial charge on any atom is 0.141 e. The molecule has 0 spiro atoms. The van der Waals surface area contributed by atoms with Gasteiger partial charge in [-0.25, -0.2) is 9.97 Å². The number of anilines is 1. The van der Waals surface area contributed by atoms with Crippen molar-refractivity contribution in [2.45, 2.75) is 12.8 Å². The number of pyridine rings is 2. The molecule has 0 saturated carbocycles. The predicted octanol–water partition coefficient (Wildman–Crippen LogP) is 3.37. The zero-order valence-electron chi connectivity index (χ0n) is 13.7. The summed E-state index contributed by atoms with van der Waals surface area (Å²) in [6, 6.07) is 3.78. The minimum Gasteiger partial charge on any atom is -0.492 e. The van der Waals surface area contributed by atoms with Crippen LogP contribution in [0.2, 0.25) is 5.02 Å². The standard InChI is InChI=1S/C18H18ClN5O/c19-15-9-20-6-2-17(15)25-11-13-3-7-24(8-4-13)18-14-1-5-21-10-16(14)22-12-23-18/h1-2,5-6,9-10,12-13H,3-4,7-8,11H2. The zero-order valence-corrected chi connectivity index (χ0v) is 14.4. The van der Waals surface area contributed by atoms with Gasteiger partial charge < -0.3 is 9.64 Å². The van der Waals surface area contributed by atoms with Crippen LogP contribution in [0.25, 0.3) is 10.9 Å². The molecule has 1 aliphatic heterocycles. The molecule has 4 rings (SSSR count). The molecule has 6 nitrogen and oxygen atoms in total. The lowest BCUT2D eigenvalue weighted by molar-refractivity contribution is 0.222. The lowest BCUT2D eigenvalue weighted by atomic mass is 9.97. The summed E-state index contributed by atoms with van der Waals surface area (Å²) in [5.74, 6) is 2.20. The van der Waals surface area contributed by atoms with Gasteiger partial charge in [-0.15, -0.1) is 0 Å². The van der Waals surface area contributed by atoms with Crippen molar-refractivity contribution in [1.29, 1.82) is 0 Å². The van der Waals surface area contributed by atoms with Crippen molar-refractivity contribution in [3.05, 3.63) is 48.3 Å². The molecule has 1 saturated heterocycles. The SMILES string of the molecule is Clc1cnccc1OCC1CCN(c2ncnc3cnccc23)CC1. The Morgan fingerprint density at radius 1 is 1.08 bits per heavy atom. The van der Waals surface area contributed by atoms with Crippen molar-refractivity contribution in [2.75, 3.05) is 24.6 Å². The maximum atomic E-state index is 6.09. The first-order valence-corrected chi connectivity index (χ1v) is 8.71. The first kappa shape index (κ1) is 16.0. The highest BCUT2D eigenvalue weighted by Gasteiger charge is 2.22. The summed E-state index contributed by atoms with van der Waals surface area (Å²) in [4.78, 5) is 19.2. The average Bonchev–Trinajstić information content (AvgIpc) is 2.67. The topological polar surface area (TPSA) is 64.0 Å². The van der Waals surface area contributed by atoms with Crippen LogP contribution < -0.4 is 9.64 Å². The van der Waals surface area contributed by atoms with E-state index < -0.39 is 0 Å². The van der Waals surface area contributed by atoms with Gasteiger partial charge in [-0.1, -0.05) is 11.6 Å². The van der Waals surface area contributed by atoms with Crippen molar-refractivity contribution in [3.63, 3.8) is 0 Å². The monoisotopic (exact) mass is 355 g/mol. The highest BCUT2D eigenvalue weighted by Crippen LogP contribution is 2.28. The van der Waals surface area contributed by atoms with E-state index >= 15 is 0 Å². The molecule has 1 aliphatic rings. The zero-order chi connectivity index (χ0) is 17.1. The number of hydrogen-bond donors (Lipinski definition) is 0. The maximum absolute atomic E-state index is 6.09. The van der Waals surface area contributed by atoms with Crippen molar-refractivity contribution < 1.29 is 4.74 Å². The van der Waals surface area contributed by atoms with E-state index in [2.05, 4.69) is 24.8 Å². The smallest absolute Gasteiger partial charge is 0.141 e. The molecule has 4 heterocycles. The molecule has 128 valence electrons. The number of halogens is 1. The van der Waals surface area contributed by atoms with E-state index in [1.165, 1.54) is 0 Å². The number of ether oxygens (including phenoxy) is 1. The van der Waals surface area contributed by atoms with Gasteiger partial charge in [0.25, 0.3) is 0 Å². The highest BCUT2D eigenvalue weighted by atomic mass is 35.5. The Kier molecular flexibility index (Phi) is 4.61. The molecule has 1 fully saturated rings. The highest BCUT2D eigenvalue weighted by molar-refractivity contribution is 6.31. The average molecular weight is 356 g/mol. The van der Waals surface area contributed by atoms with Crippen LogP contribution in [-0.4, -0.2) is 39.6 Å². The Balaban J connectivity index is 1.39. The van der Waals surface area contributed by atoms with Crippen LogP contribution in [0.4, 0.5) is 5.82 Å². The lowest BCUT2D eigenvalue weighted by Crippen LogP contribution is -2.36. The van der Waals surface area contributed by atoms with E-state index in [1.54, 1.807) is 37.2 Å². The summed E-state index contributed by atoms with van der Waals surface area (Å²) in [5.41, 5.74) is 0.880. The Morgan fingerprint density at radius 2 is 1.88 bits per heavy atom. The molecule has 3 aromatic rings. The summed E-state index contributed by atoms with van der Waals surface area (Å²) in [6.07, 6.45) is 10.6. The molecule has 0 N–H and O–H groups in total. The molecular weight excluding hydrogens is 338 g/mol. The first-order valence-electron chi connectivity index (χ1n) is 8.33. The van der Waals surface area contributed by atoms with E-state index in [1.807, 2.05) is 6.07 Å². The summed E-state index contributed by atoms with van der Waals surface area (Å²) in [7, 11) is 0. The Hall–Kier alpha value is -2.47. The van der Waals surface area contributed by atoms with Crippen molar-refractivity contribution >= 4 is 28.3 Å². The van der Waals surface area contributed by atoms with Crippen molar-refractivity contribution in [1.82, 2.24) is 19.9 Å². The van der Waals surface area contributed by atoms with Gasteiger partial charge in [-0.05, 0) is 24.8 Å². The number of aromatic nitrogens is 4. The van der Waals surface area contributed by atoms with Gasteiger partial charge in [0, 0.05) is 43.1 Å². The largest absolute Gasteiger partial charge is 0.492 e. The number of piperidine rings is 1. The van der Waals surface area contributed by atoms with Crippen LogP contribution >= 0.6 is 11.6 Å². The third kappa shape index (κ3) is 3.49. The molecule has 3 aromatic heterocycles. The summed E-state index contributed by atoms with van der Waals surface area (Å²) >= 11 is 6.09. The summed E-state index contributed by atoms with van der Waals surface area (Å²) in [5, 5.41) is 1.61. The van der Waals surface area contributed by atoms with E-state index in [-0.39, 0.29) is 0 Å². The van der Waals surface area contributed by atoms with E-state index in [0.717, 1.165) is 42.7 Å².